The maximum atomic E-state index is 12.5. The molecule has 9 heteroatoms. The first kappa shape index (κ1) is 20.6. The Morgan fingerprint density at radius 3 is 2.36 bits per heavy atom. The Labute approximate surface area is 168 Å². The summed E-state index contributed by atoms with van der Waals surface area (Å²) in [5, 5.41) is 1.47. The number of carbonyl (C=O) groups is 2. The largest absolute Gasteiger partial charge is 0.471 e. The predicted molar refractivity (Wildman–Crippen MR) is 100.0 cm³/mol. The van der Waals surface area contributed by atoms with Gasteiger partial charge in [0.15, 0.2) is 0 Å². The molecule has 1 N–H and O–H groups in total. The van der Waals surface area contributed by atoms with Crippen LogP contribution in [0, 0.1) is 0 Å². The molecule has 1 aliphatic heterocycles. The molecule has 2 aliphatic rings. The second-order valence-electron chi connectivity index (χ2n) is 6.43. The highest BCUT2D eigenvalue weighted by Crippen LogP contribution is 2.36. The van der Waals surface area contributed by atoms with E-state index in [1.54, 1.807) is 0 Å². The maximum Gasteiger partial charge on any atom is 0.471 e. The summed E-state index contributed by atoms with van der Waals surface area (Å²) in [5.74, 6) is -3.25. The van der Waals surface area contributed by atoms with Gasteiger partial charge in [-0.3, -0.25) is 14.9 Å². The van der Waals surface area contributed by atoms with Crippen molar-refractivity contribution in [1.82, 2.24) is 10.2 Å². The van der Waals surface area contributed by atoms with Crippen molar-refractivity contribution in [2.45, 2.75) is 19.0 Å². The van der Waals surface area contributed by atoms with Gasteiger partial charge in [0.2, 0.25) is 0 Å². The third-order valence-electron chi connectivity index (χ3n) is 4.53. The topological polar surface area (TPSA) is 58.6 Å². The van der Waals surface area contributed by atoms with Gasteiger partial charge in [0.25, 0.3) is 5.91 Å². The molecule has 1 fully saturated rings. The Bertz CT molecular complexity index is 826. The minimum atomic E-state index is -5.11. The molecule has 1 saturated heterocycles. The lowest BCUT2D eigenvalue weighted by Gasteiger charge is -2.31. The molecule has 1 heterocycles. The van der Waals surface area contributed by atoms with Crippen LogP contribution in [-0.2, 0) is 14.3 Å². The average Bonchev–Trinajstić information content (AvgIpc) is 3.07. The molecule has 0 spiro atoms. The van der Waals surface area contributed by atoms with Crippen LogP contribution in [-0.4, -0.2) is 49.2 Å². The second-order valence-corrected chi connectivity index (χ2v) is 7.34. The normalized spacial score (nSPS) is 19.3. The molecule has 28 heavy (non-hydrogen) atoms. The van der Waals surface area contributed by atoms with Crippen molar-refractivity contribution in [3.05, 3.63) is 51.1 Å². The Morgan fingerprint density at radius 1 is 1.11 bits per heavy atom. The lowest BCUT2D eigenvalue weighted by Crippen LogP contribution is -2.42. The highest BCUT2D eigenvalue weighted by molar-refractivity contribution is 9.10. The number of morpholine rings is 1. The number of carbonyl (C=O) groups excluding carboxylic acids is 2. The molecule has 1 aromatic carbocycles. The van der Waals surface area contributed by atoms with Crippen LogP contribution < -0.4 is 5.32 Å². The lowest BCUT2D eigenvalue weighted by molar-refractivity contribution is -0.174. The molecular formula is C19H18BrF3N2O3. The maximum absolute atomic E-state index is 12.5. The van der Waals surface area contributed by atoms with E-state index in [2.05, 4.69) is 15.9 Å². The van der Waals surface area contributed by atoms with Crippen molar-refractivity contribution in [2.24, 2.45) is 0 Å². The van der Waals surface area contributed by atoms with Crippen LogP contribution in [0.2, 0.25) is 0 Å². The molecule has 5 nitrogen and oxygen atoms in total. The van der Waals surface area contributed by atoms with Gasteiger partial charge in [-0.1, -0.05) is 28.1 Å². The number of alkyl halides is 3. The smallest absolute Gasteiger partial charge is 0.378 e. The summed E-state index contributed by atoms with van der Waals surface area (Å²) >= 11 is 3.37. The van der Waals surface area contributed by atoms with Gasteiger partial charge in [-0.15, -0.1) is 0 Å². The van der Waals surface area contributed by atoms with Gasteiger partial charge in [0, 0.05) is 28.8 Å². The fraction of sp³-hybridized carbons (Fsp3) is 0.368. The number of imide groups is 1. The van der Waals surface area contributed by atoms with Gasteiger partial charge >= 0.3 is 12.1 Å². The number of nitrogens with one attached hydrogen (secondary N) is 1. The quantitative estimate of drug-likeness (QED) is 0.753. The molecule has 0 unspecified atom stereocenters. The van der Waals surface area contributed by atoms with Crippen molar-refractivity contribution in [3.8, 4) is 0 Å². The van der Waals surface area contributed by atoms with E-state index in [1.165, 1.54) is 5.32 Å². The summed E-state index contributed by atoms with van der Waals surface area (Å²) in [6.07, 6.45) is -2.41. The minimum Gasteiger partial charge on any atom is -0.378 e. The van der Waals surface area contributed by atoms with E-state index >= 15 is 0 Å². The minimum absolute atomic E-state index is 0.197. The zero-order valence-corrected chi connectivity index (χ0v) is 16.4. The van der Waals surface area contributed by atoms with Gasteiger partial charge in [-0.05, 0) is 42.2 Å². The summed E-state index contributed by atoms with van der Waals surface area (Å²) in [6, 6.07) is 7.57. The van der Waals surface area contributed by atoms with E-state index in [9.17, 15) is 22.8 Å². The molecule has 2 amide bonds. The van der Waals surface area contributed by atoms with Gasteiger partial charge < -0.3 is 9.64 Å². The monoisotopic (exact) mass is 458 g/mol. The molecule has 0 aromatic heterocycles. The Balaban J connectivity index is 1.94. The Morgan fingerprint density at radius 2 is 1.75 bits per heavy atom. The van der Waals surface area contributed by atoms with E-state index in [1.807, 2.05) is 35.2 Å². The van der Waals surface area contributed by atoms with E-state index in [0.717, 1.165) is 15.6 Å². The van der Waals surface area contributed by atoms with E-state index in [0.29, 0.717) is 38.4 Å². The van der Waals surface area contributed by atoms with Gasteiger partial charge in [-0.25, -0.2) is 0 Å². The van der Waals surface area contributed by atoms with Gasteiger partial charge in [-0.2, -0.15) is 13.2 Å². The molecule has 0 bridgehead atoms. The molecule has 0 atom stereocenters. The number of hydrogen-bond acceptors (Lipinski definition) is 4. The number of allylic oxidation sites excluding steroid dienone is 1. The number of rotatable bonds is 3. The van der Waals surface area contributed by atoms with Crippen LogP contribution >= 0.6 is 15.9 Å². The van der Waals surface area contributed by atoms with Crippen molar-refractivity contribution >= 4 is 33.8 Å². The molecule has 1 aliphatic carbocycles. The molecule has 0 radical (unpaired) electrons. The Hall–Kier alpha value is -2.13. The zero-order valence-electron chi connectivity index (χ0n) is 14.8. The van der Waals surface area contributed by atoms with E-state index in [4.69, 9.17) is 4.74 Å². The standard InChI is InChI=1S/C19H18BrF3N2O3/c20-14-4-1-12(2-5-14)11-13-3-6-15(16(13)25-7-9-28-10-8-25)17(26)24-18(27)19(21,22)23/h1-2,4-5,11H,3,6-10H2,(H,24,26,27)/b13-11-. The first-order valence-electron chi connectivity index (χ1n) is 8.70. The summed E-state index contributed by atoms with van der Waals surface area (Å²) in [6.45, 7) is 1.98. The van der Waals surface area contributed by atoms with Crippen molar-refractivity contribution in [2.75, 3.05) is 26.3 Å². The fourth-order valence-electron chi connectivity index (χ4n) is 3.24. The molecular weight excluding hydrogens is 441 g/mol. The lowest BCUT2D eigenvalue weighted by atomic mass is 10.1. The molecule has 3 rings (SSSR count). The third kappa shape index (κ3) is 4.82. The highest BCUT2D eigenvalue weighted by atomic mass is 79.9. The average molecular weight is 459 g/mol. The van der Waals surface area contributed by atoms with E-state index < -0.39 is 18.0 Å². The van der Waals surface area contributed by atoms with Crippen LogP contribution in [0.25, 0.3) is 6.08 Å². The summed E-state index contributed by atoms with van der Waals surface area (Å²) in [7, 11) is 0. The zero-order chi connectivity index (χ0) is 20.3. The number of benzene rings is 1. The van der Waals surface area contributed by atoms with Gasteiger partial charge in [0.05, 0.1) is 13.2 Å². The number of halogens is 4. The number of nitrogens with zero attached hydrogens (tertiary/aromatic N) is 1. The first-order valence-corrected chi connectivity index (χ1v) is 9.50. The summed E-state index contributed by atoms with van der Waals surface area (Å²) in [4.78, 5) is 25.5. The molecule has 150 valence electrons. The SMILES string of the molecule is O=C(NC(=O)C(F)(F)F)C1=C(N2CCOCC2)/C(=C\c2ccc(Br)cc2)CC1. The summed E-state index contributed by atoms with van der Waals surface area (Å²) in [5.41, 5.74) is 2.56. The van der Waals surface area contributed by atoms with Crippen LogP contribution in [0.4, 0.5) is 13.2 Å². The van der Waals surface area contributed by atoms with Crippen molar-refractivity contribution < 1.29 is 27.5 Å². The summed E-state index contributed by atoms with van der Waals surface area (Å²) < 4.78 is 43.8. The number of amides is 2. The first-order chi connectivity index (χ1) is 13.3. The van der Waals surface area contributed by atoms with Crippen molar-refractivity contribution in [1.29, 1.82) is 0 Å². The van der Waals surface area contributed by atoms with Gasteiger partial charge in [0.1, 0.15) is 0 Å². The number of hydrogen-bond donors (Lipinski definition) is 1. The molecule has 0 saturated carbocycles. The fourth-order valence-corrected chi connectivity index (χ4v) is 3.51. The second kappa shape index (κ2) is 8.48. The van der Waals surface area contributed by atoms with Crippen LogP contribution in [0.1, 0.15) is 18.4 Å². The Kier molecular flexibility index (Phi) is 6.24. The van der Waals surface area contributed by atoms with Crippen LogP contribution in [0.15, 0.2) is 45.6 Å². The predicted octanol–water partition coefficient (Wildman–Crippen LogP) is 3.42. The van der Waals surface area contributed by atoms with E-state index in [-0.39, 0.29) is 12.0 Å². The van der Waals surface area contributed by atoms with Crippen LogP contribution in [0.5, 0.6) is 0 Å². The molecule has 1 aromatic rings. The van der Waals surface area contributed by atoms with Crippen molar-refractivity contribution in [3.63, 3.8) is 0 Å². The number of ether oxygens (including phenoxy) is 1. The highest BCUT2D eigenvalue weighted by Gasteiger charge is 2.41. The van der Waals surface area contributed by atoms with Crippen LogP contribution in [0.3, 0.4) is 0 Å². The third-order valence-corrected chi connectivity index (χ3v) is 5.06.